The zero-order valence-electron chi connectivity index (χ0n) is 16.5. The largest absolute Gasteiger partial charge is 0.460 e. The zero-order valence-corrected chi connectivity index (χ0v) is 18.2. The van der Waals surface area contributed by atoms with E-state index in [4.69, 9.17) is 0 Å². The summed E-state index contributed by atoms with van der Waals surface area (Å²) in [5.74, 6) is -15.8. The highest BCUT2D eigenvalue weighted by Crippen LogP contribution is 2.55. The Bertz CT molecular complexity index is 1280. The molecule has 3 aromatic rings. The predicted octanol–water partition coefficient (Wildman–Crippen LogP) is 6.08. The summed E-state index contributed by atoms with van der Waals surface area (Å²) in [7, 11) is -7.02. The standard InChI is InChI=1S/C18H10F9N3O3S2/c19-15(20,17(23,24)25)16(21,22)18(26,27)35(31,32)33-12-8-6-10(7-9-12)13-29-30-14(34-13)28-11-4-2-1-3-5-11/h1-9H,(H,28,30). The maximum absolute atomic E-state index is 13.8. The molecule has 0 saturated heterocycles. The van der Waals surface area contributed by atoms with Gasteiger partial charge in [0, 0.05) is 11.3 Å². The number of rotatable bonds is 8. The van der Waals surface area contributed by atoms with Crippen LogP contribution in [0.25, 0.3) is 10.6 Å². The second-order valence-corrected chi connectivity index (χ2v) is 9.19. The Balaban J connectivity index is 1.79. The van der Waals surface area contributed by atoms with E-state index >= 15 is 0 Å². The van der Waals surface area contributed by atoms with Crippen molar-refractivity contribution in [2.45, 2.75) is 23.3 Å². The number of halogens is 9. The predicted molar refractivity (Wildman–Crippen MR) is 106 cm³/mol. The summed E-state index contributed by atoms with van der Waals surface area (Å²) >= 11 is 1.01. The smallest absolute Gasteiger partial charge is 0.378 e. The van der Waals surface area contributed by atoms with Crippen LogP contribution < -0.4 is 9.50 Å². The average Bonchev–Trinajstić information content (AvgIpc) is 3.22. The number of benzene rings is 2. The van der Waals surface area contributed by atoms with Gasteiger partial charge in [0.1, 0.15) is 10.8 Å². The van der Waals surface area contributed by atoms with Crippen molar-refractivity contribution in [2.24, 2.45) is 0 Å². The monoisotopic (exact) mass is 551 g/mol. The van der Waals surface area contributed by atoms with Crippen molar-refractivity contribution in [3.8, 4) is 16.3 Å². The van der Waals surface area contributed by atoms with E-state index in [9.17, 15) is 47.9 Å². The molecule has 0 aliphatic heterocycles. The lowest BCUT2D eigenvalue weighted by Gasteiger charge is -2.32. The van der Waals surface area contributed by atoms with Crippen LogP contribution >= 0.6 is 11.3 Å². The molecule has 0 unspecified atom stereocenters. The molecule has 17 heteroatoms. The summed E-state index contributed by atoms with van der Waals surface area (Å²) in [4.78, 5) is 0. The van der Waals surface area contributed by atoms with Gasteiger partial charge in [-0.3, -0.25) is 0 Å². The lowest BCUT2D eigenvalue weighted by molar-refractivity contribution is -0.382. The van der Waals surface area contributed by atoms with Crippen molar-refractivity contribution in [3.05, 3.63) is 54.6 Å². The Morgan fingerprint density at radius 1 is 0.771 bits per heavy atom. The molecule has 1 heterocycles. The van der Waals surface area contributed by atoms with E-state index in [0.29, 0.717) is 23.0 Å². The van der Waals surface area contributed by atoms with Gasteiger partial charge in [-0.1, -0.05) is 29.5 Å². The van der Waals surface area contributed by atoms with Gasteiger partial charge in [0.25, 0.3) is 0 Å². The summed E-state index contributed by atoms with van der Waals surface area (Å²) in [5.41, 5.74) is 0.909. The van der Waals surface area contributed by atoms with E-state index in [1.54, 1.807) is 30.3 Å². The Morgan fingerprint density at radius 3 is 1.89 bits per heavy atom. The van der Waals surface area contributed by atoms with Crippen LogP contribution in [0.1, 0.15) is 0 Å². The molecule has 0 atom stereocenters. The van der Waals surface area contributed by atoms with E-state index in [-0.39, 0.29) is 10.6 Å². The molecule has 0 aliphatic carbocycles. The zero-order chi connectivity index (χ0) is 26.3. The number of para-hydroxylation sites is 1. The number of hydrogen-bond donors (Lipinski definition) is 1. The molecule has 0 bridgehead atoms. The van der Waals surface area contributed by atoms with Crippen molar-refractivity contribution in [2.75, 3.05) is 5.32 Å². The Labute approximate surface area is 194 Å². The van der Waals surface area contributed by atoms with Crippen LogP contribution in [-0.2, 0) is 10.1 Å². The van der Waals surface area contributed by atoms with E-state index in [1.165, 1.54) is 0 Å². The first kappa shape index (κ1) is 26.5. The van der Waals surface area contributed by atoms with E-state index < -0.39 is 39.1 Å². The summed E-state index contributed by atoms with van der Waals surface area (Å²) in [5, 5.41) is 4.26. The summed E-state index contributed by atoms with van der Waals surface area (Å²) in [6.07, 6.45) is -7.17. The molecule has 0 spiro atoms. The van der Waals surface area contributed by atoms with E-state index in [0.717, 1.165) is 23.5 Å². The molecule has 6 nitrogen and oxygen atoms in total. The minimum Gasteiger partial charge on any atom is -0.378 e. The minimum atomic E-state index is -7.38. The van der Waals surface area contributed by atoms with Crippen molar-refractivity contribution >= 4 is 32.3 Å². The number of aromatic nitrogens is 2. The second-order valence-electron chi connectivity index (χ2n) is 6.63. The third-order valence-electron chi connectivity index (χ3n) is 4.19. The first-order valence-electron chi connectivity index (χ1n) is 8.90. The molecule has 1 N–H and O–H groups in total. The maximum Gasteiger partial charge on any atom is 0.460 e. The van der Waals surface area contributed by atoms with Crippen molar-refractivity contribution < 1.29 is 52.1 Å². The first-order chi connectivity index (χ1) is 16.0. The molecule has 0 fully saturated rings. The van der Waals surface area contributed by atoms with E-state index in [1.807, 2.05) is 0 Å². The third kappa shape index (κ3) is 4.86. The number of nitrogens with zero attached hydrogens (tertiary/aromatic N) is 2. The number of nitrogens with one attached hydrogen (secondary N) is 1. The maximum atomic E-state index is 13.8. The van der Waals surface area contributed by atoms with Gasteiger partial charge in [-0.2, -0.15) is 47.9 Å². The quantitative estimate of drug-likeness (QED) is 0.270. The molecule has 3 rings (SSSR count). The molecular weight excluding hydrogens is 541 g/mol. The molecule has 2 aromatic carbocycles. The summed E-state index contributed by atoms with van der Waals surface area (Å²) in [6.45, 7) is 0. The Hall–Kier alpha value is -3.08. The minimum absolute atomic E-state index is 0.231. The molecule has 35 heavy (non-hydrogen) atoms. The number of hydrogen-bond acceptors (Lipinski definition) is 7. The average molecular weight is 551 g/mol. The van der Waals surface area contributed by atoms with Gasteiger partial charge in [-0.05, 0) is 36.4 Å². The lowest BCUT2D eigenvalue weighted by Crippen LogP contribution is -2.63. The molecule has 0 amide bonds. The fourth-order valence-corrected chi connectivity index (χ4v) is 4.07. The molecule has 190 valence electrons. The van der Waals surface area contributed by atoms with Gasteiger partial charge in [0.05, 0.1) is 0 Å². The van der Waals surface area contributed by atoms with Crippen molar-refractivity contribution in [1.82, 2.24) is 10.2 Å². The highest BCUT2D eigenvalue weighted by molar-refractivity contribution is 7.88. The molecule has 0 radical (unpaired) electrons. The van der Waals surface area contributed by atoms with Crippen LogP contribution in [0.3, 0.4) is 0 Å². The molecule has 1 aromatic heterocycles. The first-order valence-corrected chi connectivity index (χ1v) is 11.1. The highest BCUT2D eigenvalue weighted by Gasteiger charge is 2.86. The van der Waals surface area contributed by atoms with Crippen LogP contribution in [0.5, 0.6) is 5.75 Å². The van der Waals surface area contributed by atoms with E-state index in [2.05, 4.69) is 19.7 Å². The van der Waals surface area contributed by atoms with Gasteiger partial charge in [0.15, 0.2) is 0 Å². The van der Waals surface area contributed by atoms with Gasteiger partial charge >= 0.3 is 33.4 Å². The Kier molecular flexibility index (Phi) is 6.71. The normalized spacial score (nSPS) is 13.5. The van der Waals surface area contributed by atoms with Crippen LogP contribution in [-0.4, -0.2) is 41.9 Å². The van der Waals surface area contributed by atoms with Gasteiger partial charge in [-0.25, -0.2) is 0 Å². The fourth-order valence-electron chi connectivity index (χ4n) is 2.39. The molecular formula is C18H10F9N3O3S2. The number of alkyl halides is 9. The summed E-state index contributed by atoms with van der Waals surface area (Å²) in [6, 6.07) is 12.2. The van der Waals surface area contributed by atoms with Crippen LogP contribution in [0, 0.1) is 0 Å². The highest BCUT2D eigenvalue weighted by atomic mass is 32.2. The summed E-state index contributed by atoms with van der Waals surface area (Å²) < 4.78 is 144. The van der Waals surface area contributed by atoms with Crippen LogP contribution in [0.4, 0.5) is 50.3 Å². The lowest BCUT2D eigenvalue weighted by atomic mass is 10.1. The Morgan fingerprint density at radius 2 is 1.34 bits per heavy atom. The van der Waals surface area contributed by atoms with Crippen molar-refractivity contribution in [1.29, 1.82) is 0 Å². The van der Waals surface area contributed by atoms with Crippen LogP contribution in [0.2, 0.25) is 0 Å². The fraction of sp³-hybridized carbons (Fsp3) is 0.222. The number of anilines is 2. The SMILES string of the molecule is O=S(=O)(Oc1ccc(-c2nnc(Nc3ccccc3)s2)cc1)C(F)(F)C(F)(F)C(F)(F)C(F)(F)F. The van der Waals surface area contributed by atoms with Gasteiger partial charge in [0.2, 0.25) is 5.13 Å². The third-order valence-corrected chi connectivity index (χ3v) is 6.37. The van der Waals surface area contributed by atoms with Gasteiger partial charge in [-0.15, -0.1) is 10.2 Å². The van der Waals surface area contributed by atoms with Crippen molar-refractivity contribution in [3.63, 3.8) is 0 Å². The van der Waals surface area contributed by atoms with Crippen LogP contribution in [0.15, 0.2) is 54.6 Å². The molecule has 0 saturated carbocycles. The molecule has 0 aliphatic rings. The second kappa shape index (κ2) is 8.85. The topological polar surface area (TPSA) is 81.2 Å². The van der Waals surface area contributed by atoms with Gasteiger partial charge < -0.3 is 9.50 Å².